The normalized spacial score (nSPS) is 22.9. The Morgan fingerprint density at radius 1 is 1.29 bits per heavy atom. The number of nitrogens with one attached hydrogen (secondary N) is 2. The van der Waals surface area contributed by atoms with Gasteiger partial charge >= 0.3 is 6.18 Å². The molecule has 2 aliphatic heterocycles. The van der Waals surface area contributed by atoms with Gasteiger partial charge in [0.15, 0.2) is 5.15 Å². The Bertz CT molecular complexity index is 921. The Kier molecular flexibility index (Phi) is 6.22. The lowest BCUT2D eigenvalue weighted by atomic mass is 10.0. The molecule has 8 nitrogen and oxygen atoms in total. The summed E-state index contributed by atoms with van der Waals surface area (Å²) in [6, 6.07) is -0.279. The lowest BCUT2D eigenvalue weighted by molar-refractivity contribution is -0.137. The van der Waals surface area contributed by atoms with Crippen molar-refractivity contribution in [3.8, 4) is 0 Å². The third-order valence-electron chi connectivity index (χ3n) is 5.41. The van der Waals surface area contributed by atoms with E-state index in [1.807, 2.05) is 0 Å². The maximum absolute atomic E-state index is 14.9. The second-order valence-electron chi connectivity index (χ2n) is 7.46. The van der Waals surface area contributed by atoms with Crippen molar-refractivity contribution in [2.24, 2.45) is 0 Å². The van der Waals surface area contributed by atoms with Crippen molar-refractivity contribution in [2.75, 3.05) is 43.5 Å². The van der Waals surface area contributed by atoms with Crippen LogP contribution < -0.4 is 10.6 Å². The van der Waals surface area contributed by atoms with E-state index in [1.54, 1.807) is 6.92 Å². The zero-order valence-corrected chi connectivity index (χ0v) is 17.4. The summed E-state index contributed by atoms with van der Waals surface area (Å²) in [5.74, 6) is -0.422. The lowest BCUT2D eigenvalue weighted by Crippen LogP contribution is -2.55. The third-order valence-corrected chi connectivity index (χ3v) is 5.79. The summed E-state index contributed by atoms with van der Waals surface area (Å²) < 4.78 is 60.8. The van der Waals surface area contributed by atoms with Gasteiger partial charge in [-0.25, -0.2) is 14.1 Å². The fourth-order valence-electron chi connectivity index (χ4n) is 3.69. The monoisotopic (exact) mass is 463 g/mol. The van der Waals surface area contributed by atoms with Crippen LogP contribution in [0.3, 0.4) is 0 Å². The van der Waals surface area contributed by atoms with Crippen molar-refractivity contribution in [1.29, 1.82) is 0 Å². The van der Waals surface area contributed by atoms with Crippen LogP contribution in [0.5, 0.6) is 0 Å². The van der Waals surface area contributed by atoms with Gasteiger partial charge in [0.25, 0.3) is 0 Å². The van der Waals surface area contributed by atoms with Gasteiger partial charge in [0.05, 0.1) is 37.2 Å². The molecule has 2 atom stereocenters. The Labute approximate surface area is 180 Å². The van der Waals surface area contributed by atoms with Crippen LogP contribution in [0.4, 0.5) is 35.0 Å². The average Bonchev–Trinajstić information content (AvgIpc) is 3.00. The topological polar surface area (TPSA) is 80.1 Å². The van der Waals surface area contributed by atoms with Crippen molar-refractivity contribution < 1.29 is 22.3 Å². The van der Waals surface area contributed by atoms with E-state index in [2.05, 4.69) is 30.6 Å². The summed E-state index contributed by atoms with van der Waals surface area (Å²) in [4.78, 5) is 9.71. The predicted molar refractivity (Wildman–Crippen MR) is 106 cm³/mol. The summed E-state index contributed by atoms with van der Waals surface area (Å²) >= 11 is 6.40. The van der Waals surface area contributed by atoms with E-state index >= 15 is 0 Å². The molecule has 0 radical (unpaired) electrons. The molecule has 2 saturated heterocycles. The van der Waals surface area contributed by atoms with Crippen molar-refractivity contribution in [3.05, 3.63) is 23.1 Å². The van der Waals surface area contributed by atoms with Crippen LogP contribution in [0.2, 0.25) is 5.15 Å². The van der Waals surface area contributed by atoms with Crippen LogP contribution in [-0.4, -0.2) is 69.7 Å². The molecule has 2 unspecified atom stereocenters. The Morgan fingerprint density at radius 3 is 2.68 bits per heavy atom. The Morgan fingerprint density at radius 2 is 2.06 bits per heavy atom. The zero-order chi connectivity index (χ0) is 22.2. The fraction of sp³-hybridized carbons (Fsp3) is 0.611. The van der Waals surface area contributed by atoms with Gasteiger partial charge in [0, 0.05) is 25.8 Å². The van der Waals surface area contributed by atoms with E-state index < -0.39 is 24.0 Å². The first-order valence-electron chi connectivity index (χ1n) is 9.92. The van der Waals surface area contributed by atoms with Gasteiger partial charge in [-0.3, -0.25) is 4.90 Å². The molecule has 4 rings (SSSR count). The summed E-state index contributed by atoms with van der Waals surface area (Å²) in [6.45, 7) is 4.12. The molecule has 4 heterocycles. The largest absolute Gasteiger partial charge is 0.421 e. The number of nitrogens with zero attached hydrogens (tertiary/aromatic N) is 5. The molecular formula is C18H22ClF4N7O. The third kappa shape index (κ3) is 4.55. The summed E-state index contributed by atoms with van der Waals surface area (Å²) in [5.41, 5.74) is -0.684. The number of alkyl halides is 4. The molecule has 0 bridgehead atoms. The number of hydrogen-bond donors (Lipinski definition) is 2. The quantitative estimate of drug-likeness (QED) is 0.635. The first kappa shape index (κ1) is 22.0. The molecule has 2 fully saturated rings. The Balaban J connectivity index is 1.49. The first-order valence-corrected chi connectivity index (χ1v) is 10.3. The molecule has 2 N–H and O–H groups in total. The molecule has 0 spiro atoms. The smallest absolute Gasteiger partial charge is 0.378 e. The van der Waals surface area contributed by atoms with Crippen molar-refractivity contribution in [1.82, 2.24) is 24.6 Å². The van der Waals surface area contributed by atoms with E-state index in [4.69, 9.17) is 16.3 Å². The van der Waals surface area contributed by atoms with Crippen LogP contribution in [-0.2, 0) is 10.9 Å². The molecule has 0 amide bonds. The van der Waals surface area contributed by atoms with Crippen LogP contribution in [0.25, 0.3) is 0 Å². The molecule has 13 heteroatoms. The van der Waals surface area contributed by atoms with Gasteiger partial charge in [0.2, 0.25) is 5.95 Å². The van der Waals surface area contributed by atoms with Crippen LogP contribution in [0.15, 0.2) is 12.4 Å². The van der Waals surface area contributed by atoms with Gasteiger partial charge in [0.1, 0.15) is 17.6 Å². The van der Waals surface area contributed by atoms with Gasteiger partial charge in [-0.05, 0) is 13.3 Å². The van der Waals surface area contributed by atoms with Crippen LogP contribution >= 0.6 is 11.6 Å². The first-order chi connectivity index (χ1) is 14.8. The standard InChI is InChI=1S/C18H22ClF4N7O/c1-2-24-16-11(18(21,22)23)5-25-17(28-16)27-13-6-26-30(15(13)19)14-3-4-29(7-12(14)20)10-8-31-9-10/h5-6,10,12,14H,2-4,7-9H2,1H3,(H2,24,25,27,28). The van der Waals surface area contributed by atoms with Gasteiger partial charge in [-0.1, -0.05) is 11.6 Å². The molecule has 170 valence electrons. The average molecular weight is 464 g/mol. The fourth-order valence-corrected chi connectivity index (χ4v) is 3.96. The number of aromatic nitrogens is 4. The van der Waals surface area contributed by atoms with Gasteiger partial charge in [-0.2, -0.15) is 23.3 Å². The minimum Gasteiger partial charge on any atom is -0.378 e. The van der Waals surface area contributed by atoms with E-state index in [9.17, 15) is 17.6 Å². The molecule has 0 saturated carbocycles. The minimum atomic E-state index is -4.59. The summed E-state index contributed by atoms with van der Waals surface area (Å²) in [5, 5.41) is 9.69. The number of rotatable bonds is 6. The van der Waals surface area contributed by atoms with Crippen molar-refractivity contribution in [3.63, 3.8) is 0 Å². The molecule has 31 heavy (non-hydrogen) atoms. The maximum Gasteiger partial charge on any atom is 0.421 e. The summed E-state index contributed by atoms with van der Waals surface area (Å²) in [6.07, 6.45) is -3.14. The van der Waals surface area contributed by atoms with E-state index in [0.29, 0.717) is 32.4 Å². The predicted octanol–water partition coefficient (Wildman–Crippen LogP) is 3.50. The number of likely N-dealkylation sites (tertiary alicyclic amines) is 1. The van der Waals surface area contributed by atoms with Gasteiger partial charge in [-0.15, -0.1) is 0 Å². The molecule has 2 aromatic heterocycles. The molecule has 0 aromatic carbocycles. The Hall–Kier alpha value is -2.18. The number of anilines is 3. The van der Waals surface area contributed by atoms with E-state index in [-0.39, 0.29) is 41.7 Å². The van der Waals surface area contributed by atoms with Crippen molar-refractivity contribution in [2.45, 2.75) is 37.8 Å². The zero-order valence-electron chi connectivity index (χ0n) is 16.7. The summed E-state index contributed by atoms with van der Waals surface area (Å²) in [7, 11) is 0. The van der Waals surface area contributed by atoms with E-state index in [1.165, 1.54) is 10.9 Å². The molecule has 2 aliphatic rings. The number of hydrogen-bond acceptors (Lipinski definition) is 7. The highest BCUT2D eigenvalue weighted by molar-refractivity contribution is 6.32. The maximum atomic E-state index is 14.9. The number of ether oxygens (including phenoxy) is 1. The van der Waals surface area contributed by atoms with E-state index in [0.717, 1.165) is 0 Å². The molecule has 0 aliphatic carbocycles. The highest BCUT2D eigenvalue weighted by atomic mass is 35.5. The second kappa shape index (κ2) is 8.75. The minimum absolute atomic E-state index is 0.0815. The molecular weight excluding hydrogens is 442 g/mol. The second-order valence-corrected chi connectivity index (χ2v) is 7.82. The SMILES string of the molecule is CCNc1nc(Nc2cnn(C3CCN(C4COC4)CC3F)c2Cl)ncc1C(F)(F)F. The lowest BCUT2D eigenvalue weighted by Gasteiger charge is -2.42. The van der Waals surface area contributed by atoms with Crippen molar-refractivity contribution >= 4 is 29.1 Å². The number of piperidine rings is 1. The number of halogens is 5. The molecule has 2 aromatic rings. The van der Waals surface area contributed by atoms with Crippen LogP contribution in [0.1, 0.15) is 24.9 Å². The van der Waals surface area contributed by atoms with Crippen LogP contribution in [0, 0.1) is 0 Å². The highest BCUT2D eigenvalue weighted by Gasteiger charge is 2.38. The highest BCUT2D eigenvalue weighted by Crippen LogP contribution is 2.36. The van der Waals surface area contributed by atoms with Gasteiger partial charge < -0.3 is 15.4 Å².